The van der Waals surface area contributed by atoms with Crippen LogP contribution in [-0.4, -0.2) is 9.96 Å². The monoisotopic (exact) mass is 194 g/mol. The van der Waals surface area contributed by atoms with Gasteiger partial charge in [0.1, 0.15) is 10.0 Å². The van der Waals surface area contributed by atoms with E-state index in [0.717, 1.165) is 12.3 Å². The van der Waals surface area contributed by atoms with Crippen LogP contribution < -0.4 is 0 Å². The van der Waals surface area contributed by atoms with Gasteiger partial charge in [0, 0.05) is 5.75 Å². The van der Waals surface area contributed by atoms with Crippen molar-refractivity contribution in [2.24, 2.45) is 5.92 Å². The molecule has 0 N–H and O–H groups in total. The molecule has 11 heavy (non-hydrogen) atoms. The van der Waals surface area contributed by atoms with E-state index in [0.29, 0.717) is 5.75 Å². The lowest BCUT2D eigenvalue weighted by atomic mass is 9.88. The molecule has 1 atom stereocenters. The van der Waals surface area contributed by atoms with Crippen LogP contribution in [0.15, 0.2) is 0 Å². The summed E-state index contributed by atoms with van der Waals surface area (Å²) in [7, 11) is 4.27. The molecule has 66 valence electrons. The Morgan fingerprint density at radius 3 is 2.45 bits per heavy atom. The van der Waals surface area contributed by atoms with Gasteiger partial charge in [0.2, 0.25) is 0 Å². The maximum atomic E-state index is 10.6. The summed E-state index contributed by atoms with van der Waals surface area (Å²) < 4.78 is 10.6. The molecule has 0 aliphatic heterocycles. The third-order valence-corrected chi connectivity index (χ3v) is 3.43. The largest absolute Gasteiger partial charge is 0.243 e. The minimum absolute atomic E-state index is 0.687. The Morgan fingerprint density at radius 2 is 1.91 bits per heavy atom. The van der Waals surface area contributed by atoms with Crippen molar-refractivity contribution in [1.82, 2.24) is 0 Å². The number of halogens is 1. The molecule has 0 aromatic heterocycles. The second kappa shape index (κ2) is 5.15. The Kier molecular flexibility index (Phi) is 4.46. The lowest BCUT2D eigenvalue weighted by Crippen LogP contribution is -2.08. The summed E-state index contributed by atoms with van der Waals surface area (Å²) in [6.45, 7) is 0. The van der Waals surface area contributed by atoms with E-state index in [1.54, 1.807) is 0 Å². The van der Waals surface area contributed by atoms with Crippen molar-refractivity contribution < 1.29 is 4.21 Å². The molecule has 1 unspecified atom stereocenters. The Hall–Kier alpha value is 0.440. The van der Waals surface area contributed by atoms with E-state index in [-0.39, 0.29) is 0 Å². The van der Waals surface area contributed by atoms with Crippen LogP contribution >= 0.6 is 10.7 Å². The summed E-state index contributed by atoms with van der Waals surface area (Å²) in [6.07, 6.45) is 7.83. The van der Waals surface area contributed by atoms with E-state index in [9.17, 15) is 4.21 Å². The SMILES string of the molecule is O=S(Cl)CCC1CCCCC1. The highest BCUT2D eigenvalue weighted by Gasteiger charge is 2.13. The summed E-state index contributed by atoms with van der Waals surface area (Å²) in [6, 6.07) is 0. The summed E-state index contributed by atoms with van der Waals surface area (Å²) in [5.41, 5.74) is 0. The average molecular weight is 195 g/mol. The minimum Gasteiger partial charge on any atom is -0.243 e. The second-order valence-corrected chi connectivity index (χ2v) is 5.31. The zero-order valence-corrected chi connectivity index (χ0v) is 8.29. The van der Waals surface area contributed by atoms with Crippen molar-refractivity contribution in [2.45, 2.75) is 38.5 Å². The van der Waals surface area contributed by atoms with Crippen LogP contribution in [0.4, 0.5) is 0 Å². The van der Waals surface area contributed by atoms with Gasteiger partial charge in [-0.2, -0.15) is 0 Å². The van der Waals surface area contributed by atoms with Gasteiger partial charge in [-0.05, 0) is 23.0 Å². The quantitative estimate of drug-likeness (QED) is 0.632. The summed E-state index contributed by atoms with van der Waals surface area (Å²) in [5, 5.41) is 0. The van der Waals surface area contributed by atoms with Crippen molar-refractivity contribution in [3.05, 3.63) is 0 Å². The van der Waals surface area contributed by atoms with Crippen molar-refractivity contribution in [2.75, 3.05) is 5.75 Å². The van der Waals surface area contributed by atoms with Crippen molar-refractivity contribution in [3.63, 3.8) is 0 Å². The predicted octanol–water partition coefficient (Wildman–Crippen LogP) is 2.86. The molecule has 1 fully saturated rings. The molecule has 3 heteroatoms. The summed E-state index contributed by atoms with van der Waals surface area (Å²) >= 11 is 0. The average Bonchev–Trinajstić information content (AvgIpc) is 2.03. The van der Waals surface area contributed by atoms with Gasteiger partial charge in [-0.25, -0.2) is 4.21 Å². The fraction of sp³-hybridized carbons (Fsp3) is 1.00. The third-order valence-electron chi connectivity index (χ3n) is 2.41. The van der Waals surface area contributed by atoms with E-state index in [1.807, 2.05) is 0 Å². The van der Waals surface area contributed by atoms with Gasteiger partial charge >= 0.3 is 0 Å². The zero-order valence-electron chi connectivity index (χ0n) is 6.72. The molecular formula is C8H15ClOS. The number of hydrogen-bond donors (Lipinski definition) is 0. The van der Waals surface area contributed by atoms with Crippen molar-refractivity contribution >= 4 is 20.7 Å². The molecule has 0 aromatic carbocycles. The molecule has 0 saturated heterocycles. The molecule has 1 nitrogen and oxygen atoms in total. The zero-order chi connectivity index (χ0) is 8.10. The molecule has 1 saturated carbocycles. The smallest absolute Gasteiger partial charge is 0.114 e. The van der Waals surface area contributed by atoms with Crippen LogP contribution in [0.1, 0.15) is 38.5 Å². The molecule has 1 aliphatic rings. The highest BCUT2D eigenvalue weighted by atomic mass is 35.7. The Labute approximate surface area is 75.5 Å². The number of rotatable bonds is 3. The Balaban J connectivity index is 2.09. The van der Waals surface area contributed by atoms with Gasteiger partial charge in [-0.15, -0.1) is 0 Å². The van der Waals surface area contributed by atoms with Gasteiger partial charge < -0.3 is 0 Å². The Morgan fingerprint density at radius 1 is 1.27 bits per heavy atom. The van der Waals surface area contributed by atoms with Crippen LogP contribution in [0.2, 0.25) is 0 Å². The summed E-state index contributed by atoms with van der Waals surface area (Å²) in [4.78, 5) is 0. The number of hydrogen-bond acceptors (Lipinski definition) is 1. The first-order valence-corrected chi connectivity index (χ1v) is 6.48. The molecule has 0 bridgehead atoms. The molecular weight excluding hydrogens is 180 g/mol. The van der Waals surface area contributed by atoms with E-state index >= 15 is 0 Å². The first-order valence-electron chi connectivity index (χ1n) is 4.33. The second-order valence-electron chi connectivity index (χ2n) is 3.29. The third kappa shape index (κ3) is 4.12. The summed E-state index contributed by atoms with van der Waals surface area (Å²) in [5.74, 6) is 1.50. The molecule has 1 aliphatic carbocycles. The van der Waals surface area contributed by atoms with E-state index in [1.165, 1.54) is 32.1 Å². The molecule has 0 amide bonds. The minimum atomic E-state index is -1.10. The lowest BCUT2D eigenvalue weighted by Gasteiger charge is -2.20. The molecule has 0 radical (unpaired) electrons. The predicted molar refractivity (Wildman–Crippen MR) is 50.1 cm³/mol. The van der Waals surface area contributed by atoms with Crippen LogP contribution in [0.25, 0.3) is 0 Å². The normalized spacial score (nSPS) is 23.4. The maximum Gasteiger partial charge on any atom is 0.114 e. The molecule has 0 heterocycles. The highest BCUT2D eigenvalue weighted by Crippen LogP contribution is 2.26. The maximum absolute atomic E-state index is 10.6. The van der Waals surface area contributed by atoms with E-state index in [2.05, 4.69) is 0 Å². The van der Waals surface area contributed by atoms with Gasteiger partial charge in [0.15, 0.2) is 0 Å². The van der Waals surface area contributed by atoms with E-state index < -0.39 is 10.0 Å². The van der Waals surface area contributed by atoms with Gasteiger partial charge in [0.25, 0.3) is 0 Å². The first kappa shape index (κ1) is 9.53. The van der Waals surface area contributed by atoms with Gasteiger partial charge in [-0.3, -0.25) is 0 Å². The fourth-order valence-electron chi connectivity index (χ4n) is 1.74. The highest BCUT2D eigenvalue weighted by molar-refractivity contribution is 8.08. The van der Waals surface area contributed by atoms with Gasteiger partial charge in [-0.1, -0.05) is 32.1 Å². The first-order chi connectivity index (χ1) is 5.29. The topological polar surface area (TPSA) is 17.1 Å². The molecule has 0 aromatic rings. The molecule has 0 spiro atoms. The van der Waals surface area contributed by atoms with Crippen molar-refractivity contribution in [1.29, 1.82) is 0 Å². The van der Waals surface area contributed by atoms with Crippen LogP contribution in [-0.2, 0) is 10.0 Å². The van der Waals surface area contributed by atoms with Gasteiger partial charge in [0.05, 0.1) is 0 Å². The fourth-order valence-corrected chi connectivity index (χ4v) is 2.52. The Bertz CT molecular complexity index is 132. The lowest BCUT2D eigenvalue weighted by molar-refractivity contribution is 0.351. The standard InChI is InChI=1S/C8H15ClOS/c9-11(10)7-6-8-4-2-1-3-5-8/h8H,1-7H2. The van der Waals surface area contributed by atoms with Crippen LogP contribution in [0.5, 0.6) is 0 Å². The molecule has 1 rings (SSSR count). The van der Waals surface area contributed by atoms with Crippen LogP contribution in [0, 0.1) is 5.92 Å². The van der Waals surface area contributed by atoms with E-state index in [4.69, 9.17) is 10.7 Å². The van der Waals surface area contributed by atoms with Crippen LogP contribution in [0.3, 0.4) is 0 Å². The van der Waals surface area contributed by atoms with Crippen molar-refractivity contribution in [3.8, 4) is 0 Å².